The monoisotopic (exact) mass is 257 g/mol. The van der Waals surface area contributed by atoms with E-state index in [1.165, 1.54) is 6.92 Å². The number of carboxylic acid groups (broad SMARTS) is 1. The fourth-order valence-corrected chi connectivity index (χ4v) is 1.43. The zero-order valence-electron chi connectivity index (χ0n) is 8.99. The van der Waals surface area contributed by atoms with Crippen LogP contribution in [-0.2, 0) is 0 Å². The molecule has 0 saturated carbocycles. The van der Waals surface area contributed by atoms with Gasteiger partial charge in [-0.3, -0.25) is 0 Å². The second-order valence-corrected chi connectivity index (χ2v) is 3.43. The van der Waals surface area contributed by atoms with Gasteiger partial charge < -0.3 is 5.11 Å². The summed E-state index contributed by atoms with van der Waals surface area (Å²) in [6, 6.07) is 1.66. The standard InChI is InChI=1S/C10H6F3N3O2/c1-4-9(10(17)18)14-15-16(4)6-3-2-5(11)7(12)8(6)13/h2-3H,1H3,(H,17,18). The van der Waals surface area contributed by atoms with Crippen LogP contribution in [0.1, 0.15) is 16.2 Å². The number of aromatic nitrogens is 3. The van der Waals surface area contributed by atoms with E-state index in [4.69, 9.17) is 5.11 Å². The van der Waals surface area contributed by atoms with E-state index in [0.717, 1.165) is 16.8 Å². The van der Waals surface area contributed by atoms with Crippen molar-refractivity contribution in [2.24, 2.45) is 0 Å². The third kappa shape index (κ3) is 1.71. The zero-order valence-corrected chi connectivity index (χ0v) is 8.99. The summed E-state index contributed by atoms with van der Waals surface area (Å²) in [5.74, 6) is -5.80. The predicted octanol–water partition coefficient (Wildman–Crippen LogP) is 1.69. The quantitative estimate of drug-likeness (QED) is 0.831. The normalized spacial score (nSPS) is 10.7. The van der Waals surface area contributed by atoms with Crippen molar-refractivity contribution in [2.45, 2.75) is 6.92 Å². The van der Waals surface area contributed by atoms with E-state index in [1.54, 1.807) is 0 Å². The Morgan fingerprint density at radius 2 is 1.94 bits per heavy atom. The van der Waals surface area contributed by atoms with E-state index in [-0.39, 0.29) is 11.4 Å². The van der Waals surface area contributed by atoms with Gasteiger partial charge in [0.2, 0.25) is 0 Å². The molecule has 0 saturated heterocycles. The van der Waals surface area contributed by atoms with Gasteiger partial charge in [-0.05, 0) is 19.1 Å². The number of halogens is 3. The van der Waals surface area contributed by atoms with Crippen molar-refractivity contribution in [1.29, 1.82) is 0 Å². The smallest absolute Gasteiger partial charge is 0.358 e. The van der Waals surface area contributed by atoms with Crippen molar-refractivity contribution in [2.75, 3.05) is 0 Å². The van der Waals surface area contributed by atoms with Gasteiger partial charge in [0, 0.05) is 0 Å². The Balaban J connectivity index is 2.63. The summed E-state index contributed by atoms with van der Waals surface area (Å²) in [5, 5.41) is 15.5. The molecule has 0 fully saturated rings. The van der Waals surface area contributed by atoms with Gasteiger partial charge in [-0.2, -0.15) is 0 Å². The molecule has 1 heterocycles. The Morgan fingerprint density at radius 1 is 1.28 bits per heavy atom. The minimum Gasteiger partial charge on any atom is -0.476 e. The highest BCUT2D eigenvalue weighted by molar-refractivity contribution is 5.86. The molecule has 0 aliphatic rings. The average molecular weight is 257 g/mol. The van der Waals surface area contributed by atoms with Crippen molar-refractivity contribution in [3.05, 3.63) is 41.0 Å². The molecule has 1 aromatic heterocycles. The minimum absolute atomic E-state index is 0.00686. The fourth-order valence-electron chi connectivity index (χ4n) is 1.43. The Morgan fingerprint density at radius 3 is 2.50 bits per heavy atom. The lowest BCUT2D eigenvalue weighted by atomic mass is 10.2. The molecule has 5 nitrogen and oxygen atoms in total. The number of aromatic carboxylic acids is 1. The second-order valence-electron chi connectivity index (χ2n) is 3.43. The maximum Gasteiger partial charge on any atom is 0.358 e. The molecule has 0 atom stereocenters. The maximum atomic E-state index is 13.5. The van der Waals surface area contributed by atoms with Crippen molar-refractivity contribution in [1.82, 2.24) is 15.0 Å². The largest absolute Gasteiger partial charge is 0.476 e. The molecule has 0 radical (unpaired) electrons. The molecule has 0 bridgehead atoms. The highest BCUT2D eigenvalue weighted by atomic mass is 19.2. The number of carboxylic acids is 1. The zero-order chi connectivity index (χ0) is 13.4. The summed E-state index contributed by atoms with van der Waals surface area (Å²) >= 11 is 0. The van der Waals surface area contributed by atoms with E-state index >= 15 is 0 Å². The first kappa shape index (κ1) is 12.1. The van der Waals surface area contributed by atoms with Crippen molar-refractivity contribution < 1.29 is 23.1 Å². The number of carbonyl (C=O) groups is 1. The van der Waals surface area contributed by atoms with E-state index in [1.807, 2.05) is 0 Å². The molecular formula is C10H6F3N3O2. The Labute approximate surface area is 98.5 Å². The maximum absolute atomic E-state index is 13.5. The lowest BCUT2D eigenvalue weighted by molar-refractivity contribution is 0.0689. The third-order valence-corrected chi connectivity index (χ3v) is 2.34. The van der Waals surface area contributed by atoms with E-state index < -0.39 is 29.1 Å². The molecule has 1 N–H and O–H groups in total. The summed E-state index contributed by atoms with van der Waals surface area (Å²) < 4.78 is 40.1. The number of nitrogens with zero attached hydrogens (tertiary/aromatic N) is 3. The second kappa shape index (κ2) is 4.13. The Bertz CT molecular complexity index is 640. The molecule has 94 valence electrons. The molecule has 8 heteroatoms. The molecule has 2 rings (SSSR count). The van der Waals surface area contributed by atoms with Crippen LogP contribution in [0.2, 0.25) is 0 Å². The van der Waals surface area contributed by atoms with Gasteiger partial charge in [0.15, 0.2) is 23.1 Å². The first-order valence-electron chi connectivity index (χ1n) is 4.73. The van der Waals surface area contributed by atoms with Gasteiger partial charge in [0.05, 0.1) is 5.69 Å². The molecule has 0 aliphatic heterocycles. The van der Waals surface area contributed by atoms with Crippen molar-refractivity contribution >= 4 is 5.97 Å². The van der Waals surface area contributed by atoms with Gasteiger partial charge in [-0.25, -0.2) is 22.6 Å². The Hall–Kier alpha value is -2.38. The van der Waals surface area contributed by atoms with Gasteiger partial charge in [-0.1, -0.05) is 5.21 Å². The fraction of sp³-hybridized carbons (Fsp3) is 0.100. The molecule has 2 aromatic rings. The SMILES string of the molecule is Cc1c(C(=O)O)nnn1-c1ccc(F)c(F)c1F. The molecule has 0 spiro atoms. The Kier molecular flexibility index (Phi) is 2.77. The highest BCUT2D eigenvalue weighted by Crippen LogP contribution is 2.20. The van der Waals surface area contributed by atoms with Crippen LogP contribution >= 0.6 is 0 Å². The highest BCUT2D eigenvalue weighted by Gasteiger charge is 2.21. The van der Waals surface area contributed by atoms with Crippen LogP contribution in [0.15, 0.2) is 12.1 Å². The van der Waals surface area contributed by atoms with E-state index in [9.17, 15) is 18.0 Å². The van der Waals surface area contributed by atoms with Gasteiger partial charge in [0.1, 0.15) is 5.69 Å². The number of hydrogen-bond donors (Lipinski definition) is 1. The number of hydrogen-bond acceptors (Lipinski definition) is 3. The molecule has 18 heavy (non-hydrogen) atoms. The van der Waals surface area contributed by atoms with Crippen molar-refractivity contribution in [3.8, 4) is 5.69 Å². The molecule has 0 unspecified atom stereocenters. The van der Waals surface area contributed by atoms with Crippen LogP contribution in [0, 0.1) is 24.4 Å². The van der Waals surface area contributed by atoms with E-state index in [2.05, 4.69) is 10.3 Å². The topological polar surface area (TPSA) is 68.0 Å². The van der Waals surface area contributed by atoms with Crippen LogP contribution < -0.4 is 0 Å². The predicted molar refractivity (Wildman–Crippen MR) is 52.9 cm³/mol. The van der Waals surface area contributed by atoms with Gasteiger partial charge in [-0.15, -0.1) is 5.10 Å². The molecule has 0 aliphatic carbocycles. The van der Waals surface area contributed by atoms with E-state index in [0.29, 0.717) is 0 Å². The minimum atomic E-state index is -1.65. The van der Waals surface area contributed by atoms with Crippen LogP contribution in [0.5, 0.6) is 0 Å². The first-order chi connectivity index (χ1) is 8.43. The lowest BCUT2D eigenvalue weighted by Gasteiger charge is -2.05. The van der Waals surface area contributed by atoms with Crippen LogP contribution in [0.3, 0.4) is 0 Å². The van der Waals surface area contributed by atoms with Gasteiger partial charge in [0.25, 0.3) is 0 Å². The lowest BCUT2D eigenvalue weighted by Crippen LogP contribution is -2.06. The van der Waals surface area contributed by atoms with Gasteiger partial charge >= 0.3 is 5.97 Å². The third-order valence-electron chi connectivity index (χ3n) is 2.34. The molecule has 1 aromatic carbocycles. The summed E-state index contributed by atoms with van der Waals surface area (Å²) in [7, 11) is 0. The number of benzene rings is 1. The van der Waals surface area contributed by atoms with Crippen molar-refractivity contribution in [3.63, 3.8) is 0 Å². The summed E-state index contributed by atoms with van der Waals surface area (Å²) in [5.41, 5.74) is -0.794. The number of rotatable bonds is 2. The molecular weight excluding hydrogens is 251 g/mol. The molecule has 0 amide bonds. The van der Waals surface area contributed by atoms with Crippen LogP contribution in [-0.4, -0.2) is 26.1 Å². The van der Waals surface area contributed by atoms with Crippen LogP contribution in [0.25, 0.3) is 5.69 Å². The summed E-state index contributed by atoms with van der Waals surface area (Å²) in [6.45, 7) is 1.32. The summed E-state index contributed by atoms with van der Waals surface area (Å²) in [4.78, 5) is 10.7. The summed E-state index contributed by atoms with van der Waals surface area (Å²) in [6.07, 6.45) is 0. The average Bonchev–Trinajstić information content (AvgIpc) is 2.69. The first-order valence-corrected chi connectivity index (χ1v) is 4.73. The van der Waals surface area contributed by atoms with Crippen LogP contribution in [0.4, 0.5) is 13.2 Å².